The standard InChI is InChI=1S/C55H77N3O6/c1-8-9-10-11-12-13-14-15-16-17-20-31-62-37-44(59)38-64-46-25-28-48(51(60)35-46)54-56-53(47-27-23-40(4)33-42(47)6)57-55(58-54,49-29-24-41(5)34-43(49)7)50-30-26-45(36-52(50)61)63-32-21-18-19-22-39(2)3/h23-30,33-36,39,44,59-61H,8-22,31-32,37-38H2,1-7H3,(H,56,57,58). The van der Waals surface area contributed by atoms with Crippen LogP contribution in [0.2, 0.25) is 0 Å². The van der Waals surface area contributed by atoms with Crippen LogP contribution in [-0.2, 0) is 10.4 Å². The normalized spacial score (nSPS) is 15.5. The third-order valence-electron chi connectivity index (χ3n) is 12.1. The van der Waals surface area contributed by atoms with Crippen LogP contribution in [-0.4, -0.2) is 59.5 Å². The van der Waals surface area contributed by atoms with Crippen molar-refractivity contribution >= 4 is 11.7 Å². The molecule has 2 unspecified atom stereocenters. The lowest BCUT2D eigenvalue weighted by Gasteiger charge is -2.38. The van der Waals surface area contributed by atoms with Crippen LogP contribution in [0.3, 0.4) is 0 Å². The molecule has 0 fully saturated rings. The van der Waals surface area contributed by atoms with E-state index in [1.54, 1.807) is 18.2 Å². The highest BCUT2D eigenvalue weighted by molar-refractivity contribution is 6.15. The first-order chi connectivity index (χ1) is 30.9. The summed E-state index contributed by atoms with van der Waals surface area (Å²) in [7, 11) is 0. The van der Waals surface area contributed by atoms with Gasteiger partial charge < -0.3 is 34.8 Å². The van der Waals surface area contributed by atoms with Gasteiger partial charge in [-0.05, 0) is 81.8 Å². The zero-order valence-electron chi connectivity index (χ0n) is 40.0. The lowest BCUT2D eigenvalue weighted by Crippen LogP contribution is -2.49. The number of nitrogens with zero attached hydrogens (tertiary/aromatic N) is 2. The molecule has 0 spiro atoms. The van der Waals surface area contributed by atoms with Crippen molar-refractivity contribution < 1.29 is 29.5 Å². The van der Waals surface area contributed by atoms with Crippen molar-refractivity contribution in [1.29, 1.82) is 0 Å². The molecule has 64 heavy (non-hydrogen) atoms. The molecule has 0 amide bonds. The van der Waals surface area contributed by atoms with Gasteiger partial charge in [-0.2, -0.15) is 0 Å². The molecule has 0 bridgehead atoms. The van der Waals surface area contributed by atoms with Crippen molar-refractivity contribution in [3.05, 3.63) is 117 Å². The number of aliphatic imine (C=N–C) groups is 2. The van der Waals surface area contributed by atoms with Crippen molar-refractivity contribution in [1.82, 2.24) is 5.32 Å². The van der Waals surface area contributed by atoms with Crippen molar-refractivity contribution in [2.24, 2.45) is 15.9 Å². The zero-order chi connectivity index (χ0) is 45.9. The van der Waals surface area contributed by atoms with Crippen LogP contribution in [0.25, 0.3) is 0 Å². The predicted molar refractivity (Wildman–Crippen MR) is 263 cm³/mol. The maximum absolute atomic E-state index is 11.9. The van der Waals surface area contributed by atoms with Crippen LogP contribution in [0.4, 0.5) is 0 Å². The Labute approximate surface area is 384 Å². The van der Waals surface area contributed by atoms with E-state index in [4.69, 9.17) is 24.2 Å². The number of amidine groups is 2. The molecule has 0 saturated carbocycles. The predicted octanol–water partition coefficient (Wildman–Crippen LogP) is 12.7. The smallest absolute Gasteiger partial charge is 0.189 e. The fourth-order valence-corrected chi connectivity index (χ4v) is 8.51. The molecular formula is C55H77N3O6. The Morgan fingerprint density at radius 1 is 0.594 bits per heavy atom. The molecule has 0 radical (unpaired) electrons. The molecule has 9 heteroatoms. The summed E-state index contributed by atoms with van der Waals surface area (Å²) in [6, 6.07) is 22.8. The summed E-state index contributed by atoms with van der Waals surface area (Å²) in [5.74, 6) is 2.44. The molecule has 4 aromatic carbocycles. The molecule has 4 N–H and O–H groups in total. The lowest BCUT2D eigenvalue weighted by atomic mass is 9.85. The first-order valence-electron chi connectivity index (χ1n) is 24.2. The maximum atomic E-state index is 11.9. The molecule has 1 heterocycles. The molecule has 348 valence electrons. The summed E-state index contributed by atoms with van der Waals surface area (Å²) in [6.45, 7) is 16.3. The first kappa shape index (κ1) is 50.1. The molecular weight excluding hydrogens is 799 g/mol. The number of rotatable bonds is 28. The molecule has 9 nitrogen and oxygen atoms in total. The topological polar surface area (TPSA) is 125 Å². The summed E-state index contributed by atoms with van der Waals surface area (Å²) < 4.78 is 17.8. The van der Waals surface area contributed by atoms with Gasteiger partial charge in [-0.3, -0.25) is 0 Å². The highest BCUT2D eigenvalue weighted by Gasteiger charge is 2.42. The van der Waals surface area contributed by atoms with Crippen LogP contribution in [0, 0.1) is 33.6 Å². The van der Waals surface area contributed by atoms with Crippen molar-refractivity contribution in [2.75, 3.05) is 26.4 Å². The van der Waals surface area contributed by atoms with E-state index in [2.05, 4.69) is 52.1 Å². The third kappa shape index (κ3) is 14.8. The Morgan fingerprint density at radius 3 is 1.83 bits per heavy atom. The largest absolute Gasteiger partial charge is 0.507 e. The molecule has 5 rings (SSSR count). The molecule has 0 saturated heterocycles. The lowest BCUT2D eigenvalue weighted by molar-refractivity contribution is 0.0109. The van der Waals surface area contributed by atoms with Crippen molar-refractivity contribution in [3.63, 3.8) is 0 Å². The zero-order valence-corrected chi connectivity index (χ0v) is 40.0. The van der Waals surface area contributed by atoms with Gasteiger partial charge in [0, 0.05) is 35.4 Å². The van der Waals surface area contributed by atoms with Gasteiger partial charge in [0.05, 0.1) is 18.8 Å². The average molecular weight is 876 g/mol. The third-order valence-corrected chi connectivity index (χ3v) is 12.1. The average Bonchev–Trinajstić information content (AvgIpc) is 3.25. The number of aromatic hydroxyl groups is 2. The fourth-order valence-electron chi connectivity index (χ4n) is 8.51. The second kappa shape index (κ2) is 25.6. The van der Waals surface area contributed by atoms with Crippen LogP contribution in [0.15, 0.2) is 82.8 Å². The number of unbranched alkanes of at least 4 members (excludes halogenated alkanes) is 12. The Bertz CT molecular complexity index is 2130. The van der Waals surface area contributed by atoms with Gasteiger partial charge in [-0.1, -0.05) is 152 Å². The van der Waals surface area contributed by atoms with Gasteiger partial charge in [0.25, 0.3) is 0 Å². The molecule has 0 aliphatic carbocycles. The number of aryl methyl sites for hydroxylation is 4. The van der Waals surface area contributed by atoms with E-state index in [9.17, 15) is 15.3 Å². The summed E-state index contributed by atoms with van der Waals surface area (Å²) in [6.07, 6.45) is 17.6. The van der Waals surface area contributed by atoms with E-state index in [1.807, 2.05) is 50.2 Å². The number of nitrogens with one attached hydrogen (secondary N) is 1. The molecule has 4 aromatic rings. The second-order valence-electron chi connectivity index (χ2n) is 18.4. The van der Waals surface area contributed by atoms with Gasteiger partial charge in [0.15, 0.2) is 11.5 Å². The van der Waals surface area contributed by atoms with Crippen molar-refractivity contribution in [3.8, 4) is 23.0 Å². The van der Waals surface area contributed by atoms with Crippen LogP contribution >= 0.6 is 0 Å². The SMILES string of the molecule is CCCCCCCCCCCCCOCC(O)COc1ccc(C2=NC(c3ccc(C)cc3C)=NC(c3ccc(C)cc3C)(c3ccc(OCCCCCC(C)C)cc3O)N2)c(O)c1. The van der Waals surface area contributed by atoms with Crippen LogP contribution in [0.1, 0.15) is 162 Å². The highest BCUT2D eigenvalue weighted by Crippen LogP contribution is 2.43. The summed E-state index contributed by atoms with van der Waals surface area (Å²) >= 11 is 0. The number of aliphatic hydroxyl groups excluding tert-OH is 1. The van der Waals surface area contributed by atoms with Gasteiger partial charge in [-0.25, -0.2) is 9.98 Å². The number of benzene rings is 4. The van der Waals surface area contributed by atoms with E-state index in [0.717, 1.165) is 59.1 Å². The van der Waals surface area contributed by atoms with Crippen molar-refractivity contribution in [2.45, 2.75) is 157 Å². The van der Waals surface area contributed by atoms with E-state index in [-0.39, 0.29) is 24.7 Å². The highest BCUT2D eigenvalue weighted by atomic mass is 16.5. The number of phenols is 2. The molecule has 1 aliphatic heterocycles. The molecule has 0 aromatic heterocycles. The van der Waals surface area contributed by atoms with Crippen LogP contribution < -0.4 is 14.8 Å². The Hall–Kier alpha value is -4.86. The number of hydrogen-bond acceptors (Lipinski definition) is 9. The Morgan fingerprint density at radius 2 is 1.17 bits per heavy atom. The molecule has 1 aliphatic rings. The monoisotopic (exact) mass is 876 g/mol. The number of phenolic OH excluding ortho intramolecular Hbond substituents is 2. The van der Waals surface area contributed by atoms with E-state index in [1.165, 1.54) is 76.7 Å². The molecule has 2 atom stereocenters. The van der Waals surface area contributed by atoms with E-state index >= 15 is 0 Å². The van der Waals surface area contributed by atoms with Crippen LogP contribution in [0.5, 0.6) is 23.0 Å². The fraction of sp³-hybridized carbons (Fsp3) is 0.527. The van der Waals surface area contributed by atoms with Gasteiger partial charge in [0.1, 0.15) is 41.5 Å². The summed E-state index contributed by atoms with van der Waals surface area (Å²) in [5.41, 5.74) is 5.39. The quantitative estimate of drug-likeness (QED) is 0.0419. The minimum Gasteiger partial charge on any atom is -0.507 e. The number of aliphatic hydroxyl groups is 1. The number of ether oxygens (including phenoxy) is 3. The van der Waals surface area contributed by atoms with Gasteiger partial charge >= 0.3 is 0 Å². The Balaban J connectivity index is 1.32. The van der Waals surface area contributed by atoms with Gasteiger partial charge in [-0.15, -0.1) is 0 Å². The van der Waals surface area contributed by atoms with E-state index < -0.39 is 11.8 Å². The van der Waals surface area contributed by atoms with E-state index in [0.29, 0.717) is 53.4 Å². The summed E-state index contributed by atoms with van der Waals surface area (Å²) in [4.78, 5) is 10.5. The minimum absolute atomic E-state index is 0.0177. The van der Waals surface area contributed by atoms with Gasteiger partial charge in [0.2, 0.25) is 0 Å². The summed E-state index contributed by atoms with van der Waals surface area (Å²) in [5, 5.41) is 37.9. The maximum Gasteiger partial charge on any atom is 0.189 e. The first-order valence-corrected chi connectivity index (χ1v) is 24.2. The number of hydrogen-bond donors (Lipinski definition) is 4. The second-order valence-corrected chi connectivity index (χ2v) is 18.4. The minimum atomic E-state index is -1.36. The Kier molecular flexibility index (Phi) is 20.0.